The minimum absolute atomic E-state index is 0.468. The van der Waals surface area contributed by atoms with E-state index < -0.39 is 11.9 Å². The van der Waals surface area contributed by atoms with Gasteiger partial charge in [0, 0.05) is 10.9 Å². The van der Waals surface area contributed by atoms with Crippen LogP contribution in [0.2, 0.25) is 0 Å². The van der Waals surface area contributed by atoms with Crippen LogP contribution >= 0.6 is 11.3 Å². The fraction of sp³-hybridized carbons (Fsp3) is 0.167. The van der Waals surface area contributed by atoms with E-state index in [0.717, 1.165) is 11.3 Å². The number of hydrogen-bond acceptors (Lipinski definition) is 5. The van der Waals surface area contributed by atoms with Crippen LogP contribution < -0.4 is 5.76 Å². The number of H-pyrrole nitrogens is 1. The molecule has 0 saturated heterocycles. The van der Waals surface area contributed by atoms with Crippen molar-refractivity contribution in [3.05, 3.63) is 39.1 Å². The monoisotopic (exact) mass is 262 g/mol. The van der Waals surface area contributed by atoms with Gasteiger partial charge < -0.3 is 9.52 Å². The summed E-state index contributed by atoms with van der Waals surface area (Å²) in [6.07, 6.45) is -0.568. The molecule has 0 aliphatic rings. The van der Waals surface area contributed by atoms with Gasteiger partial charge in [-0.3, -0.25) is 4.98 Å². The highest BCUT2D eigenvalue weighted by Gasteiger charge is 2.10. The van der Waals surface area contributed by atoms with Gasteiger partial charge in [0.05, 0.1) is 11.2 Å². The Bertz CT molecular complexity index is 754. The normalized spacial score (nSPS) is 13.0. The second-order valence-corrected chi connectivity index (χ2v) is 4.86. The van der Waals surface area contributed by atoms with E-state index in [1.807, 2.05) is 11.4 Å². The molecule has 2 N–H and O–H groups in total. The minimum atomic E-state index is -0.568. The predicted molar refractivity (Wildman–Crippen MR) is 68.6 cm³/mol. The van der Waals surface area contributed by atoms with Crippen LogP contribution in [-0.2, 0) is 0 Å². The predicted octanol–water partition coefficient (Wildman–Crippen LogP) is 2.30. The molecule has 3 aromatic rings. The van der Waals surface area contributed by atoms with Crippen molar-refractivity contribution in [2.45, 2.75) is 13.0 Å². The van der Waals surface area contributed by atoms with Gasteiger partial charge in [0.1, 0.15) is 11.1 Å². The molecule has 6 heteroatoms. The van der Waals surface area contributed by atoms with E-state index in [9.17, 15) is 9.90 Å². The largest absolute Gasteiger partial charge is 0.417 e. The van der Waals surface area contributed by atoms with Gasteiger partial charge in [-0.25, -0.2) is 9.78 Å². The van der Waals surface area contributed by atoms with Gasteiger partial charge in [0.15, 0.2) is 5.58 Å². The first-order valence-corrected chi connectivity index (χ1v) is 6.28. The lowest BCUT2D eigenvalue weighted by atomic mass is 10.1. The number of benzene rings is 1. The van der Waals surface area contributed by atoms with Crippen molar-refractivity contribution >= 4 is 22.4 Å². The van der Waals surface area contributed by atoms with Crippen molar-refractivity contribution in [2.24, 2.45) is 0 Å². The van der Waals surface area contributed by atoms with Gasteiger partial charge in [-0.05, 0) is 25.1 Å². The summed E-state index contributed by atoms with van der Waals surface area (Å²) in [7, 11) is 0. The molecule has 2 heterocycles. The molecule has 1 unspecified atom stereocenters. The molecule has 0 saturated carbocycles. The number of oxazole rings is 1. The molecular formula is C12H10N2O3S. The van der Waals surface area contributed by atoms with Gasteiger partial charge in [0.2, 0.25) is 0 Å². The minimum Gasteiger partial charge on any atom is -0.408 e. The first kappa shape index (κ1) is 11.2. The first-order valence-electron chi connectivity index (χ1n) is 5.40. The zero-order chi connectivity index (χ0) is 12.7. The van der Waals surface area contributed by atoms with Crippen LogP contribution in [0.5, 0.6) is 0 Å². The summed E-state index contributed by atoms with van der Waals surface area (Å²) in [5.41, 5.74) is 2.82. The SMILES string of the molecule is CC(O)c1nc(-c2ccc3oc(=O)[nH]c3c2)cs1. The molecule has 0 bridgehead atoms. The van der Waals surface area contributed by atoms with Gasteiger partial charge >= 0.3 is 5.76 Å². The van der Waals surface area contributed by atoms with Crippen LogP contribution in [0.4, 0.5) is 0 Å². The average Bonchev–Trinajstić information content (AvgIpc) is 2.91. The second-order valence-electron chi connectivity index (χ2n) is 3.97. The molecule has 0 spiro atoms. The molecule has 0 aliphatic heterocycles. The Labute approximate surface area is 106 Å². The van der Waals surface area contributed by atoms with E-state index in [1.54, 1.807) is 19.1 Å². The molecule has 0 amide bonds. The standard InChI is InChI=1S/C12H10N2O3S/c1-6(15)11-13-9(5-18-11)7-2-3-10-8(4-7)14-12(16)17-10/h2-6,15H,1H3,(H,14,16). The number of nitrogens with zero attached hydrogens (tertiary/aromatic N) is 1. The molecule has 0 radical (unpaired) electrons. The van der Waals surface area contributed by atoms with Crippen LogP contribution in [0, 0.1) is 0 Å². The number of hydrogen-bond donors (Lipinski definition) is 2. The van der Waals surface area contributed by atoms with Crippen molar-refractivity contribution in [1.29, 1.82) is 0 Å². The van der Waals surface area contributed by atoms with Gasteiger partial charge in [-0.15, -0.1) is 11.3 Å². The van der Waals surface area contributed by atoms with Crippen LogP contribution in [0.3, 0.4) is 0 Å². The third-order valence-corrected chi connectivity index (χ3v) is 3.61. The summed E-state index contributed by atoms with van der Waals surface area (Å²) in [4.78, 5) is 18.0. The highest BCUT2D eigenvalue weighted by molar-refractivity contribution is 7.10. The molecule has 2 aromatic heterocycles. The lowest BCUT2D eigenvalue weighted by Crippen LogP contribution is -1.93. The number of aliphatic hydroxyl groups is 1. The summed E-state index contributed by atoms with van der Waals surface area (Å²) in [5.74, 6) is -0.468. The summed E-state index contributed by atoms with van der Waals surface area (Å²) in [6, 6.07) is 5.37. The van der Waals surface area contributed by atoms with E-state index in [1.165, 1.54) is 11.3 Å². The Kier molecular flexibility index (Phi) is 2.53. The summed E-state index contributed by atoms with van der Waals surface area (Å²) in [6.45, 7) is 1.68. The number of nitrogens with one attached hydrogen (secondary N) is 1. The summed E-state index contributed by atoms with van der Waals surface area (Å²) < 4.78 is 4.93. The Balaban J connectivity index is 2.09. The van der Waals surface area contributed by atoms with Gasteiger partial charge in [-0.2, -0.15) is 0 Å². The Morgan fingerprint density at radius 2 is 2.33 bits per heavy atom. The second kappa shape index (κ2) is 4.08. The van der Waals surface area contributed by atoms with Crippen LogP contribution in [0.15, 0.2) is 32.8 Å². The quantitative estimate of drug-likeness (QED) is 0.742. The third-order valence-electron chi connectivity index (χ3n) is 2.59. The Morgan fingerprint density at radius 3 is 3.06 bits per heavy atom. The number of aromatic amines is 1. The number of aromatic nitrogens is 2. The molecule has 92 valence electrons. The van der Waals surface area contributed by atoms with Crippen molar-refractivity contribution in [2.75, 3.05) is 0 Å². The van der Waals surface area contributed by atoms with E-state index in [0.29, 0.717) is 16.1 Å². The van der Waals surface area contributed by atoms with Crippen molar-refractivity contribution < 1.29 is 9.52 Å². The molecule has 1 aromatic carbocycles. The molecule has 0 fully saturated rings. The molecule has 18 heavy (non-hydrogen) atoms. The molecule has 3 rings (SSSR count). The zero-order valence-electron chi connectivity index (χ0n) is 9.51. The van der Waals surface area contributed by atoms with Crippen molar-refractivity contribution in [1.82, 2.24) is 9.97 Å². The molecule has 0 aliphatic carbocycles. The fourth-order valence-corrected chi connectivity index (χ4v) is 2.49. The third kappa shape index (κ3) is 1.85. The first-order chi connectivity index (χ1) is 8.63. The molecule has 1 atom stereocenters. The lowest BCUT2D eigenvalue weighted by molar-refractivity contribution is 0.199. The van der Waals surface area contributed by atoms with Crippen molar-refractivity contribution in [3.8, 4) is 11.3 Å². The number of aliphatic hydroxyl groups excluding tert-OH is 1. The summed E-state index contributed by atoms with van der Waals surface area (Å²) >= 11 is 1.41. The van der Waals surface area contributed by atoms with E-state index in [2.05, 4.69) is 9.97 Å². The lowest BCUT2D eigenvalue weighted by Gasteiger charge is -1.97. The number of thiazole rings is 1. The number of rotatable bonds is 2. The van der Waals surface area contributed by atoms with E-state index >= 15 is 0 Å². The van der Waals surface area contributed by atoms with Crippen LogP contribution in [-0.4, -0.2) is 15.1 Å². The highest BCUT2D eigenvalue weighted by Crippen LogP contribution is 2.27. The van der Waals surface area contributed by atoms with Crippen LogP contribution in [0.25, 0.3) is 22.4 Å². The maximum Gasteiger partial charge on any atom is 0.417 e. The maximum atomic E-state index is 11.1. The molecular weight excluding hydrogens is 252 g/mol. The van der Waals surface area contributed by atoms with Crippen molar-refractivity contribution in [3.63, 3.8) is 0 Å². The Hall–Kier alpha value is -1.92. The van der Waals surface area contributed by atoms with E-state index in [-0.39, 0.29) is 0 Å². The zero-order valence-corrected chi connectivity index (χ0v) is 10.3. The smallest absolute Gasteiger partial charge is 0.408 e. The van der Waals surface area contributed by atoms with Crippen LogP contribution in [0.1, 0.15) is 18.0 Å². The highest BCUT2D eigenvalue weighted by atomic mass is 32.1. The Morgan fingerprint density at radius 1 is 1.50 bits per heavy atom. The average molecular weight is 262 g/mol. The van der Waals surface area contributed by atoms with Gasteiger partial charge in [0.25, 0.3) is 0 Å². The number of fused-ring (bicyclic) bond motifs is 1. The molecule has 5 nitrogen and oxygen atoms in total. The van der Waals surface area contributed by atoms with E-state index in [4.69, 9.17) is 4.42 Å². The fourth-order valence-electron chi connectivity index (χ4n) is 1.72. The van der Waals surface area contributed by atoms with Gasteiger partial charge in [-0.1, -0.05) is 0 Å². The maximum absolute atomic E-state index is 11.1. The topological polar surface area (TPSA) is 79.1 Å². The summed E-state index contributed by atoms with van der Waals surface area (Å²) in [5, 5.41) is 12.0.